The van der Waals surface area contributed by atoms with Gasteiger partial charge < -0.3 is 9.97 Å². The van der Waals surface area contributed by atoms with E-state index in [2.05, 4.69) is 45.3 Å². The zero-order chi connectivity index (χ0) is 19.9. The van der Waals surface area contributed by atoms with E-state index in [1.54, 1.807) is 0 Å². The van der Waals surface area contributed by atoms with E-state index in [9.17, 15) is 0 Å². The van der Waals surface area contributed by atoms with Gasteiger partial charge in [0.2, 0.25) is 0 Å². The molecule has 6 heterocycles. The largest absolute Gasteiger partial charge is 0.355 e. The zero-order valence-electron chi connectivity index (χ0n) is 16.3. The van der Waals surface area contributed by atoms with Crippen LogP contribution in [0.5, 0.6) is 0 Å². The van der Waals surface area contributed by atoms with Crippen molar-refractivity contribution >= 4 is 46.4 Å². The number of H-pyrrole nitrogens is 2. The number of hydrogen-bond donors (Lipinski definition) is 2. The van der Waals surface area contributed by atoms with E-state index >= 15 is 0 Å². The zero-order valence-corrected chi connectivity index (χ0v) is 17.3. The molecule has 0 fully saturated rings. The Morgan fingerprint density at radius 1 is 0.548 bits per heavy atom. The Labute approximate surface area is 188 Å². The molecule has 5 nitrogen and oxygen atoms in total. The van der Waals surface area contributed by atoms with Crippen LogP contribution in [-0.4, -0.2) is 24.9 Å². The fourth-order valence-corrected chi connectivity index (χ4v) is 3.79. The van der Waals surface area contributed by atoms with Crippen LogP contribution in [0.2, 0.25) is 0 Å². The molecule has 0 spiro atoms. The Morgan fingerprint density at radius 3 is 1.71 bits per heavy atom. The third-order valence-electron chi connectivity index (χ3n) is 5.16. The summed E-state index contributed by atoms with van der Waals surface area (Å²) in [6.07, 6.45) is 11.7. The standard InChI is InChI=1S/C25H17N5.Ni/c1-2-18-12-20-5-6-22(29-20)15-25-24(16-7-9-26-10-8-16)14-23(30-25)13-21-4-3-19(28-21)11-17(1)27-18;/h1-15,27,30H;. The van der Waals surface area contributed by atoms with E-state index in [1.807, 2.05) is 61.0 Å². The van der Waals surface area contributed by atoms with Gasteiger partial charge in [-0.25, -0.2) is 9.97 Å². The summed E-state index contributed by atoms with van der Waals surface area (Å²) in [7, 11) is 0. The number of fused-ring (bicyclic) bond motifs is 8. The summed E-state index contributed by atoms with van der Waals surface area (Å²) < 4.78 is 0. The van der Waals surface area contributed by atoms with Gasteiger partial charge in [-0.2, -0.15) is 0 Å². The minimum atomic E-state index is 0. The third kappa shape index (κ3) is 3.86. The summed E-state index contributed by atoms with van der Waals surface area (Å²) in [6.45, 7) is 0. The minimum absolute atomic E-state index is 0. The van der Waals surface area contributed by atoms with Crippen LogP contribution in [0, 0.1) is 0 Å². The molecule has 0 unspecified atom stereocenters. The Morgan fingerprint density at radius 2 is 1.10 bits per heavy atom. The first-order valence-electron chi connectivity index (χ1n) is 9.77. The molecule has 2 aliphatic rings. The van der Waals surface area contributed by atoms with Gasteiger partial charge >= 0.3 is 0 Å². The second-order valence-corrected chi connectivity index (χ2v) is 7.32. The average Bonchev–Trinajstić information content (AvgIpc) is 3.53. The van der Waals surface area contributed by atoms with Gasteiger partial charge in [0.25, 0.3) is 0 Å². The van der Waals surface area contributed by atoms with Crippen molar-refractivity contribution < 1.29 is 16.5 Å². The number of pyridine rings is 1. The summed E-state index contributed by atoms with van der Waals surface area (Å²) in [4.78, 5) is 20.6. The molecule has 4 aromatic heterocycles. The SMILES string of the molecule is C1=Cc2cc3cc(-c4ccncc4)c(cc4nc(cc5ccc(cc1n2)[nH]5)C=C4)[nH]3.[Ni]. The van der Waals surface area contributed by atoms with Crippen molar-refractivity contribution in [1.82, 2.24) is 24.9 Å². The first-order valence-corrected chi connectivity index (χ1v) is 9.77. The molecule has 0 aromatic carbocycles. The maximum absolute atomic E-state index is 4.76. The first-order chi connectivity index (χ1) is 14.8. The minimum Gasteiger partial charge on any atom is -0.355 e. The molecule has 8 bridgehead atoms. The van der Waals surface area contributed by atoms with Crippen LogP contribution in [0.25, 0.3) is 57.5 Å². The molecule has 2 N–H and O–H groups in total. The molecule has 0 amide bonds. The molecule has 31 heavy (non-hydrogen) atoms. The Bertz CT molecular complexity index is 1490. The third-order valence-corrected chi connectivity index (χ3v) is 5.16. The Balaban J connectivity index is 0.00000204. The predicted molar refractivity (Wildman–Crippen MR) is 122 cm³/mol. The summed E-state index contributed by atoms with van der Waals surface area (Å²) in [5.41, 5.74) is 9.88. The molecule has 0 atom stereocenters. The molecular formula is C25H17N5Ni. The molecule has 6 heteroatoms. The number of aromatic amines is 2. The molecule has 0 saturated heterocycles. The van der Waals surface area contributed by atoms with Crippen LogP contribution in [0.15, 0.2) is 67.0 Å². The van der Waals surface area contributed by atoms with Crippen LogP contribution in [0.4, 0.5) is 0 Å². The topological polar surface area (TPSA) is 70.2 Å². The number of nitrogens with zero attached hydrogens (tertiary/aromatic N) is 3. The van der Waals surface area contributed by atoms with Gasteiger partial charge in [-0.3, -0.25) is 4.98 Å². The van der Waals surface area contributed by atoms with Crippen LogP contribution >= 0.6 is 0 Å². The monoisotopic (exact) mass is 445 g/mol. The molecule has 6 rings (SSSR count). The number of hydrogen-bond acceptors (Lipinski definition) is 3. The van der Waals surface area contributed by atoms with E-state index < -0.39 is 0 Å². The van der Waals surface area contributed by atoms with Crippen LogP contribution < -0.4 is 0 Å². The molecule has 0 aliphatic carbocycles. The second kappa shape index (κ2) is 7.82. The Hall–Kier alpha value is -3.76. The van der Waals surface area contributed by atoms with Gasteiger partial charge in [0.15, 0.2) is 0 Å². The molecule has 2 aliphatic heterocycles. The summed E-state index contributed by atoms with van der Waals surface area (Å²) >= 11 is 0. The summed E-state index contributed by atoms with van der Waals surface area (Å²) in [5.74, 6) is 0. The van der Waals surface area contributed by atoms with Crippen molar-refractivity contribution in [2.75, 3.05) is 0 Å². The number of nitrogens with one attached hydrogen (secondary N) is 2. The molecule has 4 aromatic rings. The summed E-state index contributed by atoms with van der Waals surface area (Å²) in [5, 5.41) is 0. The quantitative estimate of drug-likeness (QED) is 0.318. The molecular weight excluding hydrogens is 429 g/mol. The molecule has 152 valence electrons. The van der Waals surface area contributed by atoms with E-state index in [0.29, 0.717) is 0 Å². The normalized spacial score (nSPS) is 12.0. The van der Waals surface area contributed by atoms with Crippen LogP contribution in [0.1, 0.15) is 22.8 Å². The maximum Gasteiger partial charge on any atom is 0.0658 e. The second-order valence-electron chi connectivity index (χ2n) is 7.32. The van der Waals surface area contributed by atoms with E-state index in [0.717, 1.165) is 56.0 Å². The predicted octanol–water partition coefficient (Wildman–Crippen LogP) is 5.72. The van der Waals surface area contributed by atoms with Crippen molar-refractivity contribution in [3.63, 3.8) is 0 Å². The van der Waals surface area contributed by atoms with Gasteiger partial charge in [0, 0.05) is 56.5 Å². The van der Waals surface area contributed by atoms with Gasteiger partial charge in [0.1, 0.15) is 0 Å². The van der Waals surface area contributed by atoms with Gasteiger partial charge in [-0.05, 0) is 84.5 Å². The average molecular weight is 446 g/mol. The van der Waals surface area contributed by atoms with Crippen LogP contribution in [0.3, 0.4) is 0 Å². The number of rotatable bonds is 1. The molecule has 0 radical (unpaired) electrons. The van der Waals surface area contributed by atoms with Gasteiger partial charge in [-0.15, -0.1) is 0 Å². The van der Waals surface area contributed by atoms with Crippen molar-refractivity contribution in [1.29, 1.82) is 0 Å². The van der Waals surface area contributed by atoms with Crippen molar-refractivity contribution in [3.05, 3.63) is 89.8 Å². The fraction of sp³-hybridized carbons (Fsp3) is 0. The maximum atomic E-state index is 4.76. The van der Waals surface area contributed by atoms with E-state index in [1.165, 1.54) is 0 Å². The molecule has 0 saturated carbocycles. The van der Waals surface area contributed by atoms with Gasteiger partial charge in [0.05, 0.1) is 22.8 Å². The van der Waals surface area contributed by atoms with E-state index in [-0.39, 0.29) is 16.5 Å². The van der Waals surface area contributed by atoms with Crippen molar-refractivity contribution in [2.24, 2.45) is 0 Å². The van der Waals surface area contributed by atoms with Crippen molar-refractivity contribution in [2.45, 2.75) is 0 Å². The van der Waals surface area contributed by atoms with E-state index in [4.69, 9.17) is 9.97 Å². The Kier molecular flexibility index (Phi) is 4.85. The van der Waals surface area contributed by atoms with Crippen LogP contribution in [-0.2, 0) is 16.5 Å². The van der Waals surface area contributed by atoms with Crippen molar-refractivity contribution in [3.8, 4) is 11.1 Å². The smallest absolute Gasteiger partial charge is 0.0658 e. The summed E-state index contributed by atoms with van der Waals surface area (Å²) in [6, 6.07) is 18.5. The van der Waals surface area contributed by atoms with Gasteiger partial charge in [-0.1, -0.05) is 0 Å². The first kappa shape index (κ1) is 19.2. The fourth-order valence-electron chi connectivity index (χ4n) is 3.79. The number of aromatic nitrogens is 5.